The molecule has 4 fully saturated rings. The molecule has 142 valence electrons. The SMILES string of the molecule is CC(=O)O[C@H]1CCC2[C@@H]3C[C@H](O)[C@@H]4C[C@H](O)CC[C@]4(C)C3CC[C@@]21C. The van der Waals surface area contributed by atoms with Crippen LogP contribution in [0, 0.1) is 34.5 Å². The highest BCUT2D eigenvalue weighted by molar-refractivity contribution is 5.66. The van der Waals surface area contributed by atoms with Crippen molar-refractivity contribution in [2.75, 3.05) is 0 Å². The van der Waals surface area contributed by atoms with E-state index in [1.807, 2.05) is 0 Å². The number of fused-ring (bicyclic) bond motifs is 5. The third-order valence-corrected chi connectivity index (χ3v) is 8.87. The molecule has 2 N–H and O–H groups in total. The zero-order valence-electron chi connectivity index (χ0n) is 15.9. The first-order chi connectivity index (χ1) is 11.8. The van der Waals surface area contributed by atoms with Crippen molar-refractivity contribution in [1.82, 2.24) is 0 Å². The molecule has 0 saturated heterocycles. The molecule has 0 aromatic heterocycles. The Morgan fingerprint density at radius 1 is 0.920 bits per heavy atom. The second-order valence-corrected chi connectivity index (χ2v) is 9.94. The molecule has 9 atom stereocenters. The van der Waals surface area contributed by atoms with Crippen molar-refractivity contribution in [3.8, 4) is 0 Å². The van der Waals surface area contributed by atoms with Gasteiger partial charge < -0.3 is 14.9 Å². The molecule has 0 spiro atoms. The quantitative estimate of drug-likeness (QED) is 0.712. The second-order valence-electron chi connectivity index (χ2n) is 9.94. The average molecular weight is 350 g/mol. The van der Waals surface area contributed by atoms with Gasteiger partial charge in [0.1, 0.15) is 6.10 Å². The van der Waals surface area contributed by atoms with E-state index in [2.05, 4.69) is 13.8 Å². The Bertz CT molecular complexity index is 548. The maximum Gasteiger partial charge on any atom is 0.302 e. The fraction of sp³-hybridized carbons (Fsp3) is 0.952. The van der Waals surface area contributed by atoms with Crippen LogP contribution in [-0.2, 0) is 9.53 Å². The van der Waals surface area contributed by atoms with E-state index in [1.165, 1.54) is 13.3 Å². The van der Waals surface area contributed by atoms with Crippen molar-refractivity contribution >= 4 is 5.97 Å². The monoisotopic (exact) mass is 350 g/mol. The van der Waals surface area contributed by atoms with Gasteiger partial charge in [-0.2, -0.15) is 0 Å². The lowest BCUT2D eigenvalue weighted by Gasteiger charge is -2.61. The van der Waals surface area contributed by atoms with Gasteiger partial charge in [-0.15, -0.1) is 0 Å². The smallest absolute Gasteiger partial charge is 0.302 e. The van der Waals surface area contributed by atoms with Crippen LogP contribution in [0.5, 0.6) is 0 Å². The number of carbonyl (C=O) groups is 1. The van der Waals surface area contributed by atoms with Crippen LogP contribution in [0.2, 0.25) is 0 Å². The predicted molar refractivity (Wildman–Crippen MR) is 94.7 cm³/mol. The minimum atomic E-state index is -0.295. The van der Waals surface area contributed by atoms with Gasteiger partial charge in [0.15, 0.2) is 0 Å². The summed E-state index contributed by atoms with van der Waals surface area (Å²) in [6, 6.07) is 0. The van der Waals surface area contributed by atoms with Gasteiger partial charge in [-0.1, -0.05) is 13.8 Å². The molecule has 0 aliphatic heterocycles. The van der Waals surface area contributed by atoms with Gasteiger partial charge in [0.05, 0.1) is 12.2 Å². The van der Waals surface area contributed by atoms with E-state index in [0.29, 0.717) is 17.8 Å². The molecule has 0 aromatic rings. The van der Waals surface area contributed by atoms with Gasteiger partial charge in [0.25, 0.3) is 0 Å². The molecule has 4 nitrogen and oxygen atoms in total. The van der Waals surface area contributed by atoms with Crippen molar-refractivity contribution in [3.63, 3.8) is 0 Å². The number of hydrogen-bond donors (Lipinski definition) is 2. The normalized spacial score (nSPS) is 55.0. The molecule has 4 aliphatic carbocycles. The topological polar surface area (TPSA) is 66.8 Å². The Morgan fingerprint density at radius 3 is 2.32 bits per heavy atom. The molecule has 2 unspecified atom stereocenters. The number of aliphatic hydroxyl groups excluding tert-OH is 2. The zero-order chi connectivity index (χ0) is 18.0. The lowest BCUT2D eigenvalue weighted by molar-refractivity contribution is -0.181. The molecular formula is C21H34O4. The van der Waals surface area contributed by atoms with Crippen LogP contribution in [0.15, 0.2) is 0 Å². The molecule has 0 amide bonds. The molecule has 0 heterocycles. The Hall–Kier alpha value is -0.610. The Kier molecular flexibility index (Phi) is 4.23. The summed E-state index contributed by atoms with van der Waals surface area (Å²) in [6.07, 6.45) is 7.44. The van der Waals surface area contributed by atoms with Crippen molar-refractivity contribution in [3.05, 3.63) is 0 Å². The van der Waals surface area contributed by atoms with E-state index in [0.717, 1.165) is 44.9 Å². The maximum absolute atomic E-state index is 11.5. The molecule has 0 radical (unpaired) electrons. The second kappa shape index (κ2) is 5.95. The summed E-state index contributed by atoms with van der Waals surface area (Å²) >= 11 is 0. The first kappa shape index (κ1) is 17.8. The van der Waals surface area contributed by atoms with Gasteiger partial charge in [0, 0.05) is 12.3 Å². The number of hydrogen-bond acceptors (Lipinski definition) is 4. The fourth-order valence-corrected chi connectivity index (χ4v) is 7.62. The van der Waals surface area contributed by atoms with Gasteiger partial charge >= 0.3 is 5.97 Å². The van der Waals surface area contributed by atoms with Crippen LogP contribution in [0.3, 0.4) is 0 Å². The molecule has 4 saturated carbocycles. The molecule has 0 aromatic carbocycles. The average Bonchev–Trinajstić information content (AvgIpc) is 2.86. The zero-order valence-corrected chi connectivity index (χ0v) is 15.9. The van der Waals surface area contributed by atoms with E-state index in [1.54, 1.807) is 0 Å². The number of ether oxygens (including phenoxy) is 1. The van der Waals surface area contributed by atoms with Crippen LogP contribution in [0.25, 0.3) is 0 Å². The number of esters is 1. The molecule has 25 heavy (non-hydrogen) atoms. The first-order valence-corrected chi connectivity index (χ1v) is 10.3. The van der Waals surface area contributed by atoms with E-state index in [-0.39, 0.29) is 41.0 Å². The lowest BCUT2D eigenvalue weighted by Crippen LogP contribution is -2.58. The molecule has 4 aliphatic rings. The highest BCUT2D eigenvalue weighted by atomic mass is 16.5. The number of carbonyl (C=O) groups excluding carboxylic acids is 1. The van der Waals surface area contributed by atoms with Crippen LogP contribution in [0.1, 0.15) is 72.1 Å². The highest BCUT2D eigenvalue weighted by Crippen LogP contribution is 2.66. The first-order valence-electron chi connectivity index (χ1n) is 10.3. The van der Waals surface area contributed by atoms with Crippen molar-refractivity contribution in [1.29, 1.82) is 0 Å². The van der Waals surface area contributed by atoms with Crippen LogP contribution in [-0.4, -0.2) is 34.5 Å². The van der Waals surface area contributed by atoms with E-state index < -0.39 is 0 Å². The molecule has 4 rings (SSSR count). The summed E-state index contributed by atoms with van der Waals surface area (Å²) in [5, 5.41) is 21.1. The van der Waals surface area contributed by atoms with E-state index in [4.69, 9.17) is 4.74 Å². The summed E-state index contributed by atoms with van der Waals surface area (Å²) in [5.74, 6) is 1.81. The van der Waals surface area contributed by atoms with E-state index in [9.17, 15) is 15.0 Å². The number of rotatable bonds is 1. The molecular weight excluding hydrogens is 316 g/mol. The lowest BCUT2D eigenvalue weighted by atomic mass is 9.44. The van der Waals surface area contributed by atoms with Gasteiger partial charge in [-0.25, -0.2) is 0 Å². The third kappa shape index (κ3) is 2.58. The Labute approximate surface area is 151 Å². The van der Waals surface area contributed by atoms with Crippen molar-refractivity contribution in [2.45, 2.75) is 90.4 Å². The fourth-order valence-electron chi connectivity index (χ4n) is 7.62. The van der Waals surface area contributed by atoms with Crippen molar-refractivity contribution in [2.24, 2.45) is 34.5 Å². The summed E-state index contributed by atoms with van der Waals surface area (Å²) in [4.78, 5) is 11.5. The van der Waals surface area contributed by atoms with Gasteiger partial charge in [-0.3, -0.25) is 4.79 Å². The molecule has 4 heteroatoms. The summed E-state index contributed by atoms with van der Waals surface area (Å²) in [6.45, 7) is 6.22. The van der Waals surface area contributed by atoms with E-state index >= 15 is 0 Å². The third-order valence-electron chi connectivity index (χ3n) is 8.87. The maximum atomic E-state index is 11.5. The summed E-state index contributed by atoms with van der Waals surface area (Å²) in [5.41, 5.74) is 0.229. The minimum absolute atomic E-state index is 0.0480. The standard InChI is InChI=1S/C21H34O4/c1-12(22)25-19-5-4-15-14-11-18(24)17-10-13(23)6-8-20(17,2)16(14)7-9-21(15,19)3/h13-19,23-24H,4-11H2,1-3H3/t13-,14+,15?,16?,17+,18+,19+,20-,21+/m1/s1. The van der Waals surface area contributed by atoms with Crippen LogP contribution >= 0.6 is 0 Å². The summed E-state index contributed by atoms with van der Waals surface area (Å²) < 4.78 is 5.70. The predicted octanol–water partition coefficient (Wildman–Crippen LogP) is 3.29. The Balaban J connectivity index is 1.61. The van der Waals surface area contributed by atoms with Crippen molar-refractivity contribution < 1.29 is 19.7 Å². The molecule has 0 bridgehead atoms. The number of aliphatic hydroxyl groups is 2. The van der Waals surface area contributed by atoms with Gasteiger partial charge in [0.2, 0.25) is 0 Å². The minimum Gasteiger partial charge on any atom is -0.462 e. The Morgan fingerprint density at radius 2 is 1.60 bits per heavy atom. The van der Waals surface area contributed by atoms with Crippen LogP contribution < -0.4 is 0 Å². The largest absolute Gasteiger partial charge is 0.462 e. The summed E-state index contributed by atoms with van der Waals surface area (Å²) in [7, 11) is 0. The van der Waals surface area contributed by atoms with Crippen LogP contribution in [0.4, 0.5) is 0 Å². The highest BCUT2D eigenvalue weighted by Gasteiger charge is 2.62. The van der Waals surface area contributed by atoms with Gasteiger partial charge in [-0.05, 0) is 80.5 Å².